The fourth-order valence-electron chi connectivity index (χ4n) is 7.17. The molecule has 256 valence electrons. The fraction of sp³-hybridized carbons (Fsp3) is 0.130. The molecular weight excluding hydrogens is 647 g/mol. The molecule has 0 atom stereocenters. The summed E-state index contributed by atoms with van der Waals surface area (Å²) in [6.07, 6.45) is 0. The highest BCUT2D eigenvalue weighted by Gasteiger charge is 2.29. The number of esters is 2. The predicted molar refractivity (Wildman–Crippen MR) is 208 cm³/mol. The number of aryl methyl sites for hydroxylation is 2. The zero-order chi connectivity index (χ0) is 35.9. The van der Waals surface area contributed by atoms with E-state index in [-0.39, 0.29) is 25.2 Å². The van der Waals surface area contributed by atoms with Crippen LogP contribution < -0.4 is 9.64 Å². The lowest BCUT2D eigenvalue weighted by Crippen LogP contribution is -2.17. The molecule has 8 rings (SSSR count). The van der Waals surface area contributed by atoms with Crippen LogP contribution in [0.5, 0.6) is 11.5 Å². The summed E-state index contributed by atoms with van der Waals surface area (Å²) < 4.78 is 17.7. The Morgan fingerprint density at radius 1 is 0.538 bits per heavy atom. The minimum absolute atomic E-state index is 0.276. The first-order valence-corrected chi connectivity index (χ1v) is 17.6. The van der Waals surface area contributed by atoms with Gasteiger partial charge < -0.3 is 19.1 Å². The van der Waals surface area contributed by atoms with E-state index >= 15 is 0 Å². The topological polar surface area (TPSA) is 65.1 Å². The maximum atomic E-state index is 13.4. The minimum Gasteiger partial charge on any atom is -0.462 e. The Kier molecular flexibility index (Phi) is 8.44. The minimum atomic E-state index is -0.369. The lowest BCUT2D eigenvalue weighted by Gasteiger charge is -2.34. The van der Waals surface area contributed by atoms with Gasteiger partial charge in [0.1, 0.15) is 0 Å². The Balaban J connectivity index is 1.34. The van der Waals surface area contributed by atoms with Crippen LogP contribution in [-0.2, 0) is 9.47 Å². The molecule has 0 bridgehead atoms. The molecule has 7 aromatic carbocycles. The Labute approximate surface area is 302 Å². The summed E-state index contributed by atoms with van der Waals surface area (Å²) >= 11 is 0. The van der Waals surface area contributed by atoms with E-state index in [0.717, 1.165) is 72.0 Å². The van der Waals surface area contributed by atoms with Crippen LogP contribution in [0.4, 0.5) is 17.1 Å². The van der Waals surface area contributed by atoms with E-state index in [0.29, 0.717) is 22.6 Å². The highest BCUT2D eigenvalue weighted by atomic mass is 16.5. The van der Waals surface area contributed by atoms with Gasteiger partial charge >= 0.3 is 11.9 Å². The summed E-state index contributed by atoms with van der Waals surface area (Å²) in [5.41, 5.74) is 9.12. The smallest absolute Gasteiger partial charge is 0.338 e. The molecule has 0 fully saturated rings. The number of hydrogen-bond acceptors (Lipinski definition) is 6. The molecule has 0 unspecified atom stereocenters. The largest absolute Gasteiger partial charge is 0.462 e. The molecule has 1 heterocycles. The van der Waals surface area contributed by atoms with Crippen LogP contribution in [0.2, 0.25) is 0 Å². The van der Waals surface area contributed by atoms with E-state index in [2.05, 4.69) is 61.2 Å². The number of nitrogens with zero attached hydrogens (tertiary/aromatic N) is 1. The number of carbonyl (C=O) groups excluding carboxylic acids is 2. The molecular formula is C46H37NO5. The molecule has 0 aromatic heterocycles. The number of anilines is 3. The van der Waals surface area contributed by atoms with Gasteiger partial charge in [-0.1, -0.05) is 78.4 Å². The van der Waals surface area contributed by atoms with Gasteiger partial charge in [0.2, 0.25) is 0 Å². The lowest BCUT2D eigenvalue weighted by molar-refractivity contribution is 0.0518. The van der Waals surface area contributed by atoms with E-state index in [1.807, 2.05) is 98.8 Å². The average Bonchev–Trinajstić information content (AvgIpc) is 3.16. The second-order valence-corrected chi connectivity index (χ2v) is 13.0. The van der Waals surface area contributed by atoms with Gasteiger partial charge in [-0.2, -0.15) is 0 Å². The average molecular weight is 684 g/mol. The van der Waals surface area contributed by atoms with Gasteiger partial charge in [-0.15, -0.1) is 0 Å². The van der Waals surface area contributed by atoms with Crippen molar-refractivity contribution in [3.63, 3.8) is 0 Å². The standard InChI is InChI=1S/C46H37NO5/c1-5-50-45(48)38-24-32-13-9-7-11-30(32)22-36(38)34-16-19-43-41(26-34)47(40-18-15-28(3)21-29(40)4)42-27-35(17-20-44(42)52-43)37-23-31-12-8-10-14-33(31)25-39(37)46(49)51-6-2/h7-27H,5-6H2,1-4H3. The van der Waals surface area contributed by atoms with Crippen molar-refractivity contribution in [1.29, 1.82) is 0 Å². The third kappa shape index (κ3) is 5.82. The van der Waals surface area contributed by atoms with Crippen LogP contribution >= 0.6 is 0 Å². The number of benzene rings is 7. The summed E-state index contributed by atoms with van der Waals surface area (Å²) in [4.78, 5) is 29.0. The number of carbonyl (C=O) groups is 2. The van der Waals surface area contributed by atoms with Crippen molar-refractivity contribution in [3.8, 4) is 33.8 Å². The van der Waals surface area contributed by atoms with Crippen molar-refractivity contribution in [2.75, 3.05) is 18.1 Å². The molecule has 0 radical (unpaired) electrons. The molecule has 0 saturated carbocycles. The highest BCUT2D eigenvalue weighted by Crippen LogP contribution is 2.53. The molecule has 0 aliphatic carbocycles. The van der Waals surface area contributed by atoms with Crippen LogP contribution in [0.15, 0.2) is 127 Å². The molecule has 0 spiro atoms. The van der Waals surface area contributed by atoms with Crippen molar-refractivity contribution < 1.29 is 23.8 Å². The van der Waals surface area contributed by atoms with Gasteiger partial charge in [0.25, 0.3) is 0 Å². The first kappa shape index (κ1) is 32.8. The Hall–Kier alpha value is -6.40. The van der Waals surface area contributed by atoms with Crippen LogP contribution in [0.1, 0.15) is 45.7 Å². The molecule has 52 heavy (non-hydrogen) atoms. The first-order chi connectivity index (χ1) is 25.3. The van der Waals surface area contributed by atoms with Crippen molar-refractivity contribution in [2.45, 2.75) is 27.7 Å². The van der Waals surface area contributed by atoms with Gasteiger partial charge in [-0.3, -0.25) is 0 Å². The third-order valence-electron chi connectivity index (χ3n) is 9.60. The van der Waals surface area contributed by atoms with E-state index < -0.39 is 0 Å². The van der Waals surface area contributed by atoms with Crippen LogP contribution in [-0.4, -0.2) is 25.2 Å². The third-order valence-corrected chi connectivity index (χ3v) is 9.60. The van der Waals surface area contributed by atoms with Gasteiger partial charge in [-0.05, 0) is 132 Å². The molecule has 1 aliphatic rings. The maximum Gasteiger partial charge on any atom is 0.338 e. The number of fused-ring (bicyclic) bond motifs is 4. The summed E-state index contributed by atoms with van der Waals surface area (Å²) in [7, 11) is 0. The molecule has 0 saturated heterocycles. The number of hydrogen-bond donors (Lipinski definition) is 0. The van der Waals surface area contributed by atoms with Gasteiger partial charge in [0.15, 0.2) is 11.5 Å². The van der Waals surface area contributed by atoms with E-state index in [1.165, 1.54) is 0 Å². The van der Waals surface area contributed by atoms with Gasteiger partial charge in [-0.25, -0.2) is 9.59 Å². The van der Waals surface area contributed by atoms with E-state index in [1.54, 1.807) is 0 Å². The normalized spacial score (nSPS) is 11.9. The SMILES string of the molecule is CCOC(=O)c1cc2ccccc2cc1-c1ccc2c(c1)N(c1ccc(C)cc1C)c1cc(-c3cc4ccccc4cc3C(=O)OCC)ccc1O2. The van der Waals surface area contributed by atoms with Crippen molar-refractivity contribution in [3.05, 3.63) is 150 Å². The summed E-state index contributed by atoms with van der Waals surface area (Å²) in [6.45, 7) is 8.37. The van der Waals surface area contributed by atoms with E-state index in [4.69, 9.17) is 14.2 Å². The lowest BCUT2D eigenvalue weighted by atomic mass is 9.93. The van der Waals surface area contributed by atoms with E-state index in [9.17, 15) is 9.59 Å². The van der Waals surface area contributed by atoms with Crippen LogP contribution in [0, 0.1) is 13.8 Å². The van der Waals surface area contributed by atoms with Gasteiger partial charge in [0, 0.05) is 5.69 Å². The summed E-state index contributed by atoms with van der Waals surface area (Å²) in [5, 5.41) is 3.97. The number of rotatable bonds is 7. The number of ether oxygens (including phenoxy) is 3. The zero-order valence-corrected chi connectivity index (χ0v) is 29.5. The second-order valence-electron chi connectivity index (χ2n) is 13.0. The molecule has 6 heteroatoms. The molecule has 0 amide bonds. The summed E-state index contributed by atoms with van der Waals surface area (Å²) in [5.74, 6) is 0.623. The maximum absolute atomic E-state index is 13.4. The quantitative estimate of drug-likeness (QED) is 0.156. The molecule has 1 aliphatic heterocycles. The highest BCUT2D eigenvalue weighted by molar-refractivity contribution is 6.05. The summed E-state index contributed by atoms with van der Waals surface area (Å²) in [6, 6.07) is 42.4. The molecule has 6 nitrogen and oxygen atoms in total. The molecule has 7 aromatic rings. The van der Waals surface area contributed by atoms with Crippen molar-refractivity contribution in [2.24, 2.45) is 0 Å². The zero-order valence-electron chi connectivity index (χ0n) is 29.5. The first-order valence-electron chi connectivity index (χ1n) is 17.6. The van der Waals surface area contributed by atoms with Crippen molar-refractivity contribution >= 4 is 50.5 Å². The monoisotopic (exact) mass is 683 g/mol. The predicted octanol–water partition coefficient (Wildman–Crippen LogP) is 11.9. The van der Waals surface area contributed by atoms with Crippen molar-refractivity contribution in [1.82, 2.24) is 0 Å². The second kappa shape index (κ2) is 13.4. The molecule has 0 N–H and O–H groups in total. The van der Waals surface area contributed by atoms with Crippen LogP contribution in [0.3, 0.4) is 0 Å². The van der Waals surface area contributed by atoms with Gasteiger partial charge in [0.05, 0.1) is 35.7 Å². The Morgan fingerprint density at radius 2 is 1.00 bits per heavy atom. The Morgan fingerprint density at radius 3 is 1.44 bits per heavy atom. The van der Waals surface area contributed by atoms with Crippen LogP contribution in [0.25, 0.3) is 43.8 Å². The fourth-order valence-corrected chi connectivity index (χ4v) is 7.17. The Bertz CT molecular complexity index is 2400.